The molecule has 2 aliphatic heterocycles. The highest BCUT2D eigenvalue weighted by Crippen LogP contribution is 2.46. The second-order valence-electron chi connectivity index (χ2n) is 7.09. The van der Waals surface area contributed by atoms with Gasteiger partial charge in [0.1, 0.15) is 5.75 Å². The molecular formula is C20H24N2O2S. The maximum absolute atomic E-state index is 12.3. The molecule has 0 amide bonds. The number of hydroxylamine groups is 3. The average Bonchev–Trinajstić information content (AvgIpc) is 2.78. The van der Waals surface area contributed by atoms with Crippen LogP contribution in [0, 0.1) is 5.21 Å². The molecule has 5 heteroatoms. The smallest absolute Gasteiger partial charge is 0.133 e. The molecule has 0 bridgehead atoms. The van der Waals surface area contributed by atoms with E-state index in [9.17, 15) is 5.21 Å². The fourth-order valence-electron chi connectivity index (χ4n) is 3.81. The molecule has 1 unspecified atom stereocenters. The van der Waals surface area contributed by atoms with Gasteiger partial charge in [-0.2, -0.15) is 0 Å². The van der Waals surface area contributed by atoms with Crippen LogP contribution < -0.4 is 4.74 Å². The van der Waals surface area contributed by atoms with Gasteiger partial charge in [-0.05, 0) is 29.7 Å². The molecule has 0 aromatic heterocycles. The van der Waals surface area contributed by atoms with E-state index in [1.54, 1.807) is 25.9 Å². The maximum Gasteiger partial charge on any atom is 0.133 e. The lowest BCUT2D eigenvalue weighted by Crippen LogP contribution is -2.54. The number of likely N-dealkylation sites (N-methyl/N-ethyl adjacent to an activating group) is 1. The minimum atomic E-state index is -0.125. The molecule has 1 saturated heterocycles. The number of nitrogens with zero attached hydrogens (tertiary/aromatic N) is 2. The Balaban J connectivity index is 1.76. The summed E-state index contributed by atoms with van der Waals surface area (Å²) in [6, 6.07) is 15.3. The fourth-order valence-corrected chi connectivity index (χ4v) is 5.03. The van der Waals surface area contributed by atoms with Crippen LogP contribution in [0.15, 0.2) is 52.3 Å². The summed E-state index contributed by atoms with van der Waals surface area (Å²) in [5.74, 6) is 0.936. The lowest BCUT2D eigenvalue weighted by Gasteiger charge is -2.47. The van der Waals surface area contributed by atoms with E-state index in [0.29, 0.717) is 19.1 Å². The molecule has 4 rings (SSSR count). The van der Waals surface area contributed by atoms with E-state index in [2.05, 4.69) is 41.3 Å². The second-order valence-corrected chi connectivity index (χ2v) is 8.14. The monoisotopic (exact) mass is 356 g/mol. The molecule has 2 aliphatic rings. The van der Waals surface area contributed by atoms with E-state index in [0.717, 1.165) is 25.3 Å². The van der Waals surface area contributed by atoms with Crippen molar-refractivity contribution in [1.29, 1.82) is 0 Å². The molecule has 0 radical (unpaired) electrons. The van der Waals surface area contributed by atoms with Crippen LogP contribution in [0.5, 0.6) is 5.75 Å². The van der Waals surface area contributed by atoms with Gasteiger partial charge in [0.25, 0.3) is 0 Å². The number of methoxy groups -OCH3 is 1. The fraction of sp³-hybridized carbons (Fsp3) is 0.400. The summed E-state index contributed by atoms with van der Waals surface area (Å²) in [5, 5.41) is 12.3. The van der Waals surface area contributed by atoms with E-state index in [-0.39, 0.29) is 4.65 Å². The SMILES string of the molecule is COc1cccc2c1Sc1ccccc1CC2N1CC[N+](C)([O-])CC1. The van der Waals surface area contributed by atoms with Crippen molar-refractivity contribution in [2.45, 2.75) is 22.3 Å². The zero-order valence-electron chi connectivity index (χ0n) is 14.8. The van der Waals surface area contributed by atoms with Crippen LogP contribution in [0.4, 0.5) is 0 Å². The average molecular weight is 356 g/mol. The van der Waals surface area contributed by atoms with Crippen LogP contribution in [-0.4, -0.2) is 49.9 Å². The molecule has 0 spiro atoms. The van der Waals surface area contributed by atoms with E-state index in [1.807, 2.05) is 6.07 Å². The molecule has 1 atom stereocenters. The van der Waals surface area contributed by atoms with E-state index >= 15 is 0 Å². The Morgan fingerprint density at radius 1 is 1.12 bits per heavy atom. The molecule has 1 fully saturated rings. The largest absolute Gasteiger partial charge is 0.633 e. The summed E-state index contributed by atoms with van der Waals surface area (Å²) in [7, 11) is 3.52. The molecule has 4 nitrogen and oxygen atoms in total. The van der Waals surface area contributed by atoms with Crippen LogP contribution in [0.3, 0.4) is 0 Å². The Morgan fingerprint density at radius 3 is 2.64 bits per heavy atom. The maximum atomic E-state index is 12.3. The van der Waals surface area contributed by atoms with Gasteiger partial charge in [-0.15, -0.1) is 0 Å². The normalized spacial score (nSPS) is 22.6. The molecule has 2 aromatic rings. The first kappa shape index (κ1) is 16.9. The van der Waals surface area contributed by atoms with Gasteiger partial charge >= 0.3 is 0 Å². The van der Waals surface area contributed by atoms with Crippen molar-refractivity contribution in [3.63, 3.8) is 0 Å². The van der Waals surface area contributed by atoms with Crippen molar-refractivity contribution in [2.24, 2.45) is 0 Å². The Morgan fingerprint density at radius 2 is 1.88 bits per heavy atom. The summed E-state index contributed by atoms with van der Waals surface area (Å²) in [5.41, 5.74) is 2.70. The van der Waals surface area contributed by atoms with Crippen molar-refractivity contribution < 1.29 is 9.38 Å². The lowest BCUT2D eigenvalue weighted by molar-refractivity contribution is -0.865. The van der Waals surface area contributed by atoms with Crippen molar-refractivity contribution in [3.05, 3.63) is 58.8 Å². The molecule has 2 heterocycles. The molecule has 0 saturated carbocycles. The Bertz CT molecular complexity index is 768. The Labute approximate surface area is 153 Å². The minimum absolute atomic E-state index is 0.125. The van der Waals surface area contributed by atoms with Gasteiger partial charge in [0.2, 0.25) is 0 Å². The van der Waals surface area contributed by atoms with Gasteiger partial charge in [0.15, 0.2) is 0 Å². The van der Waals surface area contributed by atoms with E-state index in [4.69, 9.17) is 4.74 Å². The van der Waals surface area contributed by atoms with E-state index < -0.39 is 0 Å². The van der Waals surface area contributed by atoms with Gasteiger partial charge in [0.05, 0.1) is 32.1 Å². The van der Waals surface area contributed by atoms with Crippen molar-refractivity contribution in [1.82, 2.24) is 4.90 Å². The summed E-state index contributed by atoms with van der Waals surface area (Å²) in [6.07, 6.45) is 0.978. The van der Waals surface area contributed by atoms with Gasteiger partial charge in [-0.25, -0.2) is 0 Å². The van der Waals surface area contributed by atoms with Crippen LogP contribution >= 0.6 is 11.8 Å². The third-order valence-electron chi connectivity index (χ3n) is 5.35. The van der Waals surface area contributed by atoms with Crippen molar-refractivity contribution >= 4 is 11.8 Å². The second kappa shape index (κ2) is 6.65. The standard InChI is InChI=1S/C20H24N2O2S/c1-22(23)12-10-21(11-13-22)17-14-15-6-3-4-9-19(15)25-20-16(17)7-5-8-18(20)24-2/h3-9,17H,10-14H2,1-2H3. The van der Waals surface area contributed by atoms with Crippen LogP contribution in [-0.2, 0) is 6.42 Å². The highest BCUT2D eigenvalue weighted by atomic mass is 32.2. The van der Waals surface area contributed by atoms with Crippen LogP contribution in [0.25, 0.3) is 0 Å². The predicted molar refractivity (Wildman–Crippen MR) is 101 cm³/mol. The topological polar surface area (TPSA) is 35.5 Å². The predicted octanol–water partition coefficient (Wildman–Crippen LogP) is 3.70. The first-order valence-electron chi connectivity index (χ1n) is 8.80. The highest BCUT2D eigenvalue weighted by molar-refractivity contribution is 7.99. The zero-order valence-corrected chi connectivity index (χ0v) is 15.6. The number of quaternary nitrogens is 1. The molecule has 132 valence electrons. The number of hydrogen-bond donors (Lipinski definition) is 0. The Hall–Kier alpha value is -1.53. The quantitative estimate of drug-likeness (QED) is 0.607. The van der Waals surface area contributed by atoms with Gasteiger partial charge in [-0.3, -0.25) is 4.90 Å². The molecule has 2 aromatic carbocycles. The summed E-state index contributed by atoms with van der Waals surface area (Å²) in [4.78, 5) is 5.00. The molecule has 0 aliphatic carbocycles. The van der Waals surface area contributed by atoms with Crippen molar-refractivity contribution in [3.8, 4) is 5.75 Å². The van der Waals surface area contributed by atoms with E-state index in [1.165, 1.54) is 20.9 Å². The molecule has 25 heavy (non-hydrogen) atoms. The first-order chi connectivity index (χ1) is 12.1. The van der Waals surface area contributed by atoms with Crippen LogP contribution in [0.2, 0.25) is 0 Å². The molecule has 0 N–H and O–H groups in total. The molecular weight excluding hydrogens is 332 g/mol. The summed E-state index contributed by atoms with van der Waals surface area (Å²) >= 11 is 1.80. The summed E-state index contributed by atoms with van der Waals surface area (Å²) < 4.78 is 5.53. The van der Waals surface area contributed by atoms with Crippen LogP contribution in [0.1, 0.15) is 17.2 Å². The lowest BCUT2D eigenvalue weighted by atomic mass is 9.96. The first-order valence-corrected chi connectivity index (χ1v) is 9.61. The van der Waals surface area contributed by atoms with Gasteiger partial charge in [-0.1, -0.05) is 42.1 Å². The number of fused-ring (bicyclic) bond motifs is 2. The van der Waals surface area contributed by atoms with Gasteiger partial charge in [0, 0.05) is 24.0 Å². The Kier molecular flexibility index (Phi) is 4.50. The number of ether oxygens (including phenoxy) is 1. The third-order valence-corrected chi connectivity index (χ3v) is 6.61. The zero-order chi connectivity index (χ0) is 17.4. The number of piperazine rings is 1. The minimum Gasteiger partial charge on any atom is -0.633 e. The highest BCUT2D eigenvalue weighted by Gasteiger charge is 2.32. The van der Waals surface area contributed by atoms with Gasteiger partial charge < -0.3 is 14.6 Å². The number of rotatable bonds is 2. The number of hydrogen-bond acceptors (Lipinski definition) is 4. The third kappa shape index (κ3) is 3.29. The summed E-state index contributed by atoms with van der Waals surface area (Å²) in [6.45, 7) is 3.00. The number of benzene rings is 2. The van der Waals surface area contributed by atoms with Crippen molar-refractivity contribution in [2.75, 3.05) is 40.3 Å².